The molecule has 14 heteroatoms. The van der Waals surface area contributed by atoms with Crippen LogP contribution in [0, 0.1) is 4.78 Å². The third-order valence-electron chi connectivity index (χ3n) is 7.05. The van der Waals surface area contributed by atoms with Crippen molar-refractivity contribution < 1.29 is 27.3 Å². The maximum absolute atomic E-state index is 13.1. The van der Waals surface area contributed by atoms with Crippen LogP contribution < -0.4 is 21.3 Å². The van der Waals surface area contributed by atoms with Crippen LogP contribution in [0.3, 0.4) is 0 Å². The lowest BCUT2D eigenvalue weighted by molar-refractivity contribution is -0.137. The molecule has 0 fully saturated rings. The molecule has 1 heterocycles. The van der Waals surface area contributed by atoms with Crippen LogP contribution in [0.2, 0.25) is 0 Å². The molecule has 0 aliphatic heterocycles. The number of halogens is 3. The minimum absolute atomic E-state index is 0.00599. The van der Waals surface area contributed by atoms with Crippen molar-refractivity contribution in [2.24, 2.45) is 0 Å². The highest BCUT2D eigenvalue weighted by Gasteiger charge is 2.30. The van der Waals surface area contributed by atoms with E-state index in [2.05, 4.69) is 31.2 Å². The summed E-state index contributed by atoms with van der Waals surface area (Å²) in [5.74, 6) is 0.776. The van der Waals surface area contributed by atoms with Crippen molar-refractivity contribution >= 4 is 44.6 Å². The number of carbonyl (C=O) groups is 1. The number of aliphatic hydroxyl groups is 1. The first-order valence-corrected chi connectivity index (χ1v) is 16.4. The second kappa shape index (κ2) is 14.5. The summed E-state index contributed by atoms with van der Waals surface area (Å²) in [6.07, 6.45) is -2.94. The van der Waals surface area contributed by atoms with Crippen LogP contribution >= 0.6 is 0 Å². The molecule has 6 N–H and O–H groups in total. The van der Waals surface area contributed by atoms with E-state index in [1.54, 1.807) is 61.7 Å². The van der Waals surface area contributed by atoms with E-state index in [0.29, 0.717) is 33.2 Å². The maximum atomic E-state index is 13.1. The SMILES string of the molecule is CC(CO)Nc1nc(Nc2ccc(S(=N)(=O)Cc3ccccc3)cc2)ncc1-c1ccc(NC(=O)Nc2cccc(C(F)(F)F)c2)cc1. The number of anilines is 5. The average molecular weight is 676 g/mol. The summed E-state index contributed by atoms with van der Waals surface area (Å²) in [7, 11) is -3.05. The standard InChI is InChI=1S/C34H32F3N7O3S/c1-22(20-45)40-31-30(24-10-12-27(13-11-24)42-33(46)43-28-9-5-8-25(18-28)34(35,36)37)19-39-32(44-31)41-26-14-16-29(17-15-26)48(38,47)21-23-6-3-2-4-7-23/h2-19,22,38,45H,20-21H2,1H3,(H2,42,43,46)(H2,39,40,41,44). The third kappa shape index (κ3) is 8.86. The Hall–Kier alpha value is -5.47. The lowest BCUT2D eigenvalue weighted by atomic mass is 10.1. The van der Waals surface area contributed by atoms with Crippen molar-refractivity contribution in [2.45, 2.75) is 29.8 Å². The molecule has 2 unspecified atom stereocenters. The highest BCUT2D eigenvalue weighted by Crippen LogP contribution is 2.32. The van der Waals surface area contributed by atoms with Crippen LogP contribution in [0.4, 0.5) is 46.8 Å². The zero-order valence-corrected chi connectivity index (χ0v) is 26.4. The number of rotatable bonds is 11. The molecule has 48 heavy (non-hydrogen) atoms. The lowest BCUT2D eigenvalue weighted by Crippen LogP contribution is -2.21. The molecule has 248 valence electrons. The monoisotopic (exact) mass is 675 g/mol. The molecule has 10 nitrogen and oxygen atoms in total. The van der Waals surface area contributed by atoms with E-state index in [4.69, 9.17) is 4.78 Å². The third-order valence-corrected chi connectivity index (χ3v) is 8.82. The number of hydrogen-bond acceptors (Lipinski definition) is 8. The van der Waals surface area contributed by atoms with Crippen LogP contribution in [0.25, 0.3) is 11.1 Å². The summed E-state index contributed by atoms with van der Waals surface area (Å²) >= 11 is 0. The van der Waals surface area contributed by atoms with E-state index >= 15 is 0 Å². The van der Waals surface area contributed by atoms with Crippen molar-refractivity contribution in [1.29, 1.82) is 4.78 Å². The predicted molar refractivity (Wildman–Crippen MR) is 181 cm³/mol. The van der Waals surface area contributed by atoms with Crippen molar-refractivity contribution in [3.63, 3.8) is 0 Å². The Labute approximate surface area is 275 Å². The first-order chi connectivity index (χ1) is 22.9. The topological polar surface area (TPSA) is 152 Å². The van der Waals surface area contributed by atoms with E-state index < -0.39 is 27.5 Å². The second-order valence-corrected chi connectivity index (χ2v) is 13.0. The molecule has 5 aromatic rings. The van der Waals surface area contributed by atoms with Crippen molar-refractivity contribution in [2.75, 3.05) is 27.9 Å². The molecule has 1 aromatic heterocycles. The summed E-state index contributed by atoms with van der Waals surface area (Å²) in [4.78, 5) is 21.9. The molecule has 5 rings (SSSR count). The van der Waals surface area contributed by atoms with Gasteiger partial charge in [0.25, 0.3) is 0 Å². The minimum atomic E-state index is -4.53. The van der Waals surface area contributed by atoms with E-state index in [0.717, 1.165) is 17.7 Å². The van der Waals surface area contributed by atoms with Gasteiger partial charge in [-0.1, -0.05) is 48.5 Å². The quantitative estimate of drug-likeness (QED) is 0.0831. The van der Waals surface area contributed by atoms with Gasteiger partial charge in [-0.2, -0.15) is 18.2 Å². The van der Waals surface area contributed by atoms with Crippen molar-refractivity contribution in [3.8, 4) is 11.1 Å². The fourth-order valence-electron chi connectivity index (χ4n) is 4.62. The normalized spacial score (nSPS) is 13.2. The van der Waals surface area contributed by atoms with Gasteiger partial charge in [0, 0.05) is 39.8 Å². The lowest BCUT2D eigenvalue weighted by Gasteiger charge is -2.17. The summed E-state index contributed by atoms with van der Waals surface area (Å²) in [5.41, 5.74) is 2.23. The number of nitrogens with zero attached hydrogens (tertiary/aromatic N) is 2. The van der Waals surface area contributed by atoms with Crippen LogP contribution in [0.5, 0.6) is 0 Å². The van der Waals surface area contributed by atoms with Crippen LogP contribution in [0.15, 0.2) is 114 Å². The molecule has 0 bridgehead atoms. The molecule has 4 aromatic carbocycles. The molecule has 0 saturated carbocycles. The number of carbonyl (C=O) groups excluding carboxylic acids is 1. The number of alkyl halides is 3. The number of amides is 2. The molecule has 2 amide bonds. The van der Waals surface area contributed by atoms with Gasteiger partial charge in [0.2, 0.25) is 5.95 Å². The zero-order valence-electron chi connectivity index (χ0n) is 25.6. The van der Waals surface area contributed by atoms with Gasteiger partial charge in [0.1, 0.15) is 5.82 Å². The van der Waals surface area contributed by atoms with Crippen LogP contribution in [-0.2, 0) is 21.7 Å². The summed E-state index contributed by atoms with van der Waals surface area (Å²) in [5, 5.41) is 20.9. The Morgan fingerprint density at radius 1 is 0.896 bits per heavy atom. The second-order valence-electron chi connectivity index (χ2n) is 10.9. The number of aliphatic hydroxyl groups excluding tert-OH is 1. The van der Waals surface area contributed by atoms with Crippen LogP contribution in [-0.4, -0.2) is 38.0 Å². The highest BCUT2D eigenvalue weighted by atomic mass is 32.2. The fraction of sp³-hybridized carbons (Fsp3) is 0.147. The van der Waals surface area contributed by atoms with Crippen LogP contribution in [0.1, 0.15) is 18.1 Å². The van der Waals surface area contributed by atoms with Gasteiger partial charge in [-0.25, -0.2) is 18.8 Å². The number of urea groups is 1. The van der Waals surface area contributed by atoms with Gasteiger partial charge < -0.3 is 26.4 Å². The van der Waals surface area contributed by atoms with Crippen molar-refractivity contribution in [1.82, 2.24) is 9.97 Å². The fourth-order valence-corrected chi connectivity index (χ4v) is 6.03. The summed E-state index contributed by atoms with van der Waals surface area (Å²) in [6.45, 7) is 1.62. The number of nitrogens with one attached hydrogen (secondary N) is 5. The first-order valence-electron chi connectivity index (χ1n) is 14.7. The molecule has 0 aliphatic carbocycles. The van der Waals surface area contributed by atoms with E-state index in [-0.39, 0.29) is 30.0 Å². The van der Waals surface area contributed by atoms with E-state index in [1.165, 1.54) is 12.1 Å². The Morgan fingerprint density at radius 3 is 2.23 bits per heavy atom. The molecule has 0 saturated heterocycles. The molecule has 0 radical (unpaired) electrons. The summed E-state index contributed by atoms with van der Waals surface area (Å²) < 4.78 is 60.5. The van der Waals surface area contributed by atoms with Gasteiger partial charge in [0.15, 0.2) is 0 Å². The molecular formula is C34H32F3N7O3S. The number of aromatic nitrogens is 2. The Balaban J connectivity index is 1.28. The molecule has 0 spiro atoms. The van der Waals surface area contributed by atoms with Crippen molar-refractivity contribution in [3.05, 3.63) is 120 Å². The highest BCUT2D eigenvalue weighted by molar-refractivity contribution is 7.91. The summed E-state index contributed by atoms with van der Waals surface area (Å²) in [6, 6.07) is 25.8. The predicted octanol–water partition coefficient (Wildman–Crippen LogP) is 7.95. The smallest absolute Gasteiger partial charge is 0.394 e. The first kappa shape index (κ1) is 33.9. The minimum Gasteiger partial charge on any atom is -0.394 e. The van der Waals surface area contributed by atoms with Gasteiger partial charge in [-0.3, -0.25) is 0 Å². The Bertz CT molecular complexity index is 1970. The molecule has 0 aliphatic rings. The van der Waals surface area contributed by atoms with E-state index in [9.17, 15) is 27.3 Å². The number of benzene rings is 4. The largest absolute Gasteiger partial charge is 0.416 e. The van der Waals surface area contributed by atoms with Gasteiger partial charge >= 0.3 is 12.2 Å². The average Bonchev–Trinajstić information content (AvgIpc) is 3.05. The zero-order chi connectivity index (χ0) is 34.3. The Morgan fingerprint density at radius 2 is 1.56 bits per heavy atom. The van der Waals surface area contributed by atoms with Gasteiger partial charge in [-0.15, -0.1) is 0 Å². The van der Waals surface area contributed by atoms with Gasteiger partial charge in [0.05, 0.1) is 27.7 Å². The van der Waals surface area contributed by atoms with Gasteiger partial charge in [-0.05, 0) is 72.6 Å². The molecular weight excluding hydrogens is 643 g/mol. The molecule has 2 atom stereocenters. The Kier molecular flexibility index (Phi) is 10.3. The maximum Gasteiger partial charge on any atom is 0.416 e. The van der Waals surface area contributed by atoms with E-state index in [1.807, 2.05) is 30.3 Å². The number of hydrogen-bond donors (Lipinski definition) is 6.